The van der Waals surface area contributed by atoms with Gasteiger partial charge in [0.25, 0.3) is 0 Å². The average Bonchev–Trinajstić information content (AvgIpc) is 2.62. The third kappa shape index (κ3) is 3.28. The minimum atomic E-state index is -3.91. The van der Waals surface area contributed by atoms with Crippen LogP contribution < -0.4 is 0 Å². The molecule has 0 bridgehead atoms. The zero-order valence-electron chi connectivity index (χ0n) is 12.9. The monoisotopic (exact) mass is 492 g/mol. The Hall–Kier alpha value is -1.87. The molecular weight excluding hydrogens is 491 g/mol. The molecule has 160 valence electrons. The van der Waals surface area contributed by atoms with Gasteiger partial charge in [0.2, 0.25) is 23.3 Å². The van der Waals surface area contributed by atoms with Crippen LogP contribution >= 0.6 is 35.0 Å². The molecular formula is C12H2Cl2F8N2O4S. The molecule has 0 aliphatic heterocycles. The molecule has 6 nitrogen and oxygen atoms in total. The van der Waals surface area contributed by atoms with E-state index in [0.717, 1.165) is 0 Å². The Balaban J connectivity index is 2.64. The van der Waals surface area contributed by atoms with E-state index in [9.17, 15) is 55.4 Å². The van der Waals surface area contributed by atoms with Gasteiger partial charge < -0.3 is 0 Å². The predicted molar refractivity (Wildman–Crippen MR) is 83.3 cm³/mol. The first-order chi connectivity index (χ1) is 13.1. The van der Waals surface area contributed by atoms with E-state index in [2.05, 4.69) is 0 Å². The van der Waals surface area contributed by atoms with Crippen molar-refractivity contribution in [2.45, 2.75) is 20.8 Å². The number of hydrogen-bond donors (Lipinski definition) is 0. The van der Waals surface area contributed by atoms with Crippen molar-refractivity contribution < 1.29 is 45.0 Å². The fourth-order valence-corrected chi connectivity index (χ4v) is 4.66. The Kier molecular flexibility index (Phi) is 6.00. The average molecular weight is 493 g/mol. The molecule has 0 amide bonds. The maximum Gasteiger partial charge on any atom is 0.341 e. The summed E-state index contributed by atoms with van der Waals surface area (Å²) in [6, 6.07) is 0. The predicted octanol–water partition coefficient (Wildman–Crippen LogP) is 5.51. The van der Waals surface area contributed by atoms with E-state index >= 15 is 0 Å². The fourth-order valence-electron chi connectivity index (χ4n) is 2.25. The molecule has 2 aliphatic rings. The minimum Gasteiger partial charge on any atom is -0.258 e. The van der Waals surface area contributed by atoms with Gasteiger partial charge in [0, 0.05) is 0 Å². The zero-order chi connectivity index (χ0) is 22.6. The van der Waals surface area contributed by atoms with Crippen LogP contribution in [0.4, 0.5) is 35.1 Å². The van der Waals surface area contributed by atoms with Crippen LogP contribution in [0.1, 0.15) is 0 Å². The Morgan fingerprint density at radius 2 is 1.03 bits per heavy atom. The van der Waals surface area contributed by atoms with Crippen LogP contribution in [-0.2, 0) is 0 Å². The van der Waals surface area contributed by atoms with Crippen LogP contribution in [0, 0.1) is 20.2 Å². The van der Waals surface area contributed by atoms with Crippen molar-refractivity contribution in [1.29, 1.82) is 0 Å². The highest BCUT2D eigenvalue weighted by Gasteiger charge is 2.64. The highest BCUT2D eigenvalue weighted by atomic mass is 35.5. The summed E-state index contributed by atoms with van der Waals surface area (Å²) in [5, 5.41) is 21.1. The van der Waals surface area contributed by atoms with E-state index < -0.39 is 88.7 Å². The lowest BCUT2D eigenvalue weighted by Crippen LogP contribution is -2.45. The van der Waals surface area contributed by atoms with Gasteiger partial charge in [-0.3, -0.25) is 20.2 Å². The van der Waals surface area contributed by atoms with Crippen molar-refractivity contribution in [3.8, 4) is 0 Å². The van der Waals surface area contributed by atoms with E-state index in [4.69, 9.17) is 23.2 Å². The minimum absolute atomic E-state index is 1.14. The highest BCUT2D eigenvalue weighted by Crippen LogP contribution is 2.62. The summed E-state index contributed by atoms with van der Waals surface area (Å²) < 4.78 is 104. The lowest BCUT2D eigenvalue weighted by molar-refractivity contribution is -0.426. The van der Waals surface area contributed by atoms with E-state index in [-0.39, 0.29) is 0 Å². The van der Waals surface area contributed by atoms with E-state index in [0.29, 0.717) is 0 Å². The fraction of sp³-hybridized carbons (Fsp3) is 0.333. The molecule has 0 heterocycles. The standard InChI is InChI=1S/C12H2Cl2F8N2O4S/c13-11(7(19)1(15)5(23(25)26)2(16)8(11)20)29-12(14)9(21)3(17)6(24(27)28)4(18)10(12)22/h7,9H. The Bertz CT molecular complexity index is 882. The van der Waals surface area contributed by atoms with Gasteiger partial charge in [0.05, 0.1) is 9.85 Å². The number of halogens is 10. The number of nitro groups is 2. The third-order valence-electron chi connectivity index (χ3n) is 3.61. The number of alkyl halides is 4. The molecule has 17 heteroatoms. The summed E-state index contributed by atoms with van der Waals surface area (Å²) >= 11 is 9.60. The summed E-state index contributed by atoms with van der Waals surface area (Å²) in [7, 11) is 0. The second-order valence-corrected chi connectivity index (χ2v) is 8.41. The lowest BCUT2D eigenvalue weighted by Gasteiger charge is -2.38. The topological polar surface area (TPSA) is 86.3 Å². The van der Waals surface area contributed by atoms with E-state index in [1.165, 1.54) is 0 Å². The van der Waals surface area contributed by atoms with Crippen molar-refractivity contribution in [3.05, 3.63) is 66.6 Å². The summed E-state index contributed by atoms with van der Waals surface area (Å²) in [6.45, 7) is 0. The van der Waals surface area contributed by atoms with Crippen molar-refractivity contribution in [2.24, 2.45) is 0 Å². The van der Waals surface area contributed by atoms with Crippen LogP contribution in [0.25, 0.3) is 0 Å². The first kappa shape index (κ1) is 23.4. The molecule has 0 spiro atoms. The van der Waals surface area contributed by atoms with Gasteiger partial charge in [-0.15, -0.1) is 0 Å². The van der Waals surface area contributed by atoms with Gasteiger partial charge in [0.15, 0.2) is 32.4 Å². The van der Waals surface area contributed by atoms with Crippen molar-refractivity contribution >= 4 is 35.0 Å². The van der Waals surface area contributed by atoms with Crippen LogP contribution in [0.15, 0.2) is 46.4 Å². The Morgan fingerprint density at radius 1 is 0.759 bits per heavy atom. The molecule has 0 aromatic heterocycles. The van der Waals surface area contributed by atoms with Gasteiger partial charge in [-0.1, -0.05) is 35.0 Å². The molecule has 0 N–H and O–H groups in total. The SMILES string of the molecule is O=[N+]([O-])C1=C(F)C(F)C(Cl)(SC2(Cl)C(F)=C(F)C([N+](=O)[O-])=C(F)C2F)C(F)=C1F. The summed E-state index contributed by atoms with van der Waals surface area (Å²) in [5.74, 6) is -15.9. The molecule has 29 heavy (non-hydrogen) atoms. The quantitative estimate of drug-likeness (QED) is 0.223. The number of rotatable bonds is 4. The van der Waals surface area contributed by atoms with Gasteiger partial charge in [-0.25, -0.2) is 26.3 Å². The second-order valence-electron chi connectivity index (χ2n) is 5.28. The first-order valence-corrected chi connectivity index (χ1v) is 8.26. The van der Waals surface area contributed by atoms with Crippen LogP contribution in [0.3, 0.4) is 0 Å². The van der Waals surface area contributed by atoms with Gasteiger partial charge >= 0.3 is 11.4 Å². The molecule has 0 saturated heterocycles. The molecule has 0 aromatic carbocycles. The van der Waals surface area contributed by atoms with E-state index in [1.54, 1.807) is 0 Å². The summed E-state index contributed by atoms with van der Waals surface area (Å²) in [5.41, 5.74) is -4.64. The molecule has 0 fully saturated rings. The molecule has 0 aromatic rings. The molecule has 2 aliphatic carbocycles. The van der Waals surface area contributed by atoms with Crippen LogP contribution in [0.2, 0.25) is 0 Å². The number of nitrogens with zero attached hydrogens (tertiary/aromatic N) is 2. The van der Waals surface area contributed by atoms with Crippen LogP contribution in [0.5, 0.6) is 0 Å². The van der Waals surface area contributed by atoms with Gasteiger partial charge in [-0.05, 0) is 0 Å². The first-order valence-electron chi connectivity index (χ1n) is 6.69. The smallest absolute Gasteiger partial charge is 0.258 e. The summed E-state index contributed by atoms with van der Waals surface area (Å²) in [6.07, 6.45) is -7.42. The second kappa shape index (κ2) is 7.43. The number of allylic oxidation sites excluding steroid dienone is 4. The Morgan fingerprint density at radius 3 is 1.28 bits per heavy atom. The highest BCUT2D eigenvalue weighted by molar-refractivity contribution is 8.05. The third-order valence-corrected chi connectivity index (χ3v) is 6.16. The Labute approximate surface area is 167 Å². The van der Waals surface area contributed by atoms with Crippen molar-refractivity contribution in [1.82, 2.24) is 0 Å². The van der Waals surface area contributed by atoms with Gasteiger partial charge in [0.1, 0.15) is 0 Å². The normalized spacial score (nSPS) is 33.6. The molecule has 4 atom stereocenters. The van der Waals surface area contributed by atoms with E-state index in [1.807, 2.05) is 0 Å². The largest absolute Gasteiger partial charge is 0.341 e. The molecule has 0 saturated carbocycles. The summed E-state index contributed by atoms with van der Waals surface area (Å²) in [4.78, 5) is 17.4. The zero-order valence-corrected chi connectivity index (χ0v) is 15.2. The lowest BCUT2D eigenvalue weighted by atomic mass is 10.1. The van der Waals surface area contributed by atoms with Gasteiger partial charge in [-0.2, -0.15) is 8.78 Å². The number of hydrogen-bond acceptors (Lipinski definition) is 5. The van der Waals surface area contributed by atoms with Crippen molar-refractivity contribution in [2.75, 3.05) is 0 Å². The molecule has 2 rings (SSSR count). The van der Waals surface area contributed by atoms with Crippen molar-refractivity contribution in [3.63, 3.8) is 0 Å². The maximum absolute atomic E-state index is 14.3. The molecule has 4 unspecified atom stereocenters. The van der Waals surface area contributed by atoms with Crippen LogP contribution in [-0.4, -0.2) is 30.6 Å². The molecule has 0 radical (unpaired) electrons. The maximum atomic E-state index is 14.3. The number of thioether (sulfide) groups is 1.